The van der Waals surface area contributed by atoms with Crippen molar-refractivity contribution in [3.8, 4) is 0 Å². The van der Waals surface area contributed by atoms with Crippen molar-refractivity contribution < 1.29 is 9.18 Å². The summed E-state index contributed by atoms with van der Waals surface area (Å²) in [6.07, 6.45) is 3.01. The van der Waals surface area contributed by atoms with Crippen molar-refractivity contribution in [3.05, 3.63) is 58.9 Å². The molecular weight excluding hydrogens is 269 g/mol. The fraction of sp³-hybridized carbons (Fsp3) is 0.154. The maximum Gasteiger partial charge on any atom is 0.271 e. The SMILES string of the molecule is O=C(NCCc1ccccc1F)c1cnc(Cl)cn1. The van der Waals surface area contributed by atoms with E-state index in [0.29, 0.717) is 18.5 Å². The predicted molar refractivity (Wildman–Crippen MR) is 69.5 cm³/mol. The summed E-state index contributed by atoms with van der Waals surface area (Å²) < 4.78 is 13.3. The number of nitrogens with zero attached hydrogens (tertiary/aromatic N) is 2. The molecule has 1 aromatic heterocycles. The van der Waals surface area contributed by atoms with Gasteiger partial charge in [-0.05, 0) is 18.1 Å². The van der Waals surface area contributed by atoms with Crippen LogP contribution in [0.1, 0.15) is 16.1 Å². The lowest BCUT2D eigenvalue weighted by atomic mass is 10.1. The molecule has 0 aliphatic rings. The zero-order valence-electron chi connectivity index (χ0n) is 9.94. The maximum atomic E-state index is 13.3. The molecule has 2 aromatic rings. The molecular formula is C13H11ClFN3O. The summed E-state index contributed by atoms with van der Waals surface area (Å²) in [5.74, 6) is -0.636. The summed E-state index contributed by atoms with van der Waals surface area (Å²) in [5, 5.41) is 2.87. The average molecular weight is 280 g/mol. The molecule has 0 unspecified atom stereocenters. The highest BCUT2D eigenvalue weighted by atomic mass is 35.5. The summed E-state index contributed by atoms with van der Waals surface area (Å²) in [6, 6.07) is 6.46. The molecule has 1 heterocycles. The summed E-state index contributed by atoms with van der Waals surface area (Å²) in [4.78, 5) is 19.3. The molecule has 1 amide bonds. The molecule has 0 fully saturated rings. The van der Waals surface area contributed by atoms with Crippen molar-refractivity contribution in [2.45, 2.75) is 6.42 Å². The van der Waals surface area contributed by atoms with E-state index in [1.54, 1.807) is 18.2 Å². The van der Waals surface area contributed by atoms with Gasteiger partial charge in [-0.1, -0.05) is 29.8 Å². The van der Waals surface area contributed by atoms with E-state index in [4.69, 9.17) is 11.6 Å². The van der Waals surface area contributed by atoms with E-state index in [1.807, 2.05) is 0 Å². The topological polar surface area (TPSA) is 54.9 Å². The van der Waals surface area contributed by atoms with Gasteiger partial charge < -0.3 is 5.32 Å². The number of carbonyl (C=O) groups excluding carboxylic acids is 1. The first kappa shape index (κ1) is 13.4. The molecule has 0 spiro atoms. The minimum absolute atomic E-state index is 0.179. The number of rotatable bonds is 4. The summed E-state index contributed by atoms with van der Waals surface area (Å²) in [5.41, 5.74) is 0.739. The van der Waals surface area contributed by atoms with E-state index in [0.717, 1.165) is 0 Å². The quantitative estimate of drug-likeness (QED) is 0.934. The van der Waals surface area contributed by atoms with Gasteiger partial charge in [0.25, 0.3) is 5.91 Å². The average Bonchev–Trinajstić information content (AvgIpc) is 2.41. The lowest BCUT2D eigenvalue weighted by Crippen LogP contribution is -2.26. The third kappa shape index (κ3) is 3.72. The molecule has 0 saturated heterocycles. The van der Waals surface area contributed by atoms with E-state index in [9.17, 15) is 9.18 Å². The van der Waals surface area contributed by atoms with Crippen LogP contribution in [0.15, 0.2) is 36.7 Å². The number of hydrogen-bond donors (Lipinski definition) is 1. The molecule has 4 nitrogen and oxygen atoms in total. The number of hydrogen-bond acceptors (Lipinski definition) is 3. The Kier molecular flexibility index (Phi) is 4.41. The Morgan fingerprint density at radius 3 is 2.74 bits per heavy atom. The standard InChI is InChI=1S/C13H11ClFN3O/c14-12-8-17-11(7-18-12)13(19)16-6-5-9-3-1-2-4-10(9)15/h1-4,7-8H,5-6H2,(H,16,19). The van der Waals surface area contributed by atoms with Gasteiger partial charge in [-0.2, -0.15) is 0 Å². The number of amides is 1. The van der Waals surface area contributed by atoms with Crippen LogP contribution in [0.5, 0.6) is 0 Å². The summed E-state index contributed by atoms with van der Waals surface area (Å²) in [7, 11) is 0. The van der Waals surface area contributed by atoms with Crippen LogP contribution in [-0.4, -0.2) is 22.4 Å². The zero-order valence-corrected chi connectivity index (χ0v) is 10.7. The first-order chi connectivity index (χ1) is 9.16. The third-order valence-corrected chi connectivity index (χ3v) is 2.69. The van der Waals surface area contributed by atoms with Gasteiger partial charge in [0.05, 0.1) is 12.4 Å². The number of aromatic nitrogens is 2. The highest BCUT2D eigenvalue weighted by Crippen LogP contribution is 2.06. The van der Waals surface area contributed by atoms with E-state index in [2.05, 4.69) is 15.3 Å². The zero-order chi connectivity index (χ0) is 13.7. The van der Waals surface area contributed by atoms with E-state index >= 15 is 0 Å². The third-order valence-electron chi connectivity index (χ3n) is 2.49. The van der Waals surface area contributed by atoms with Crippen molar-refractivity contribution in [2.75, 3.05) is 6.54 Å². The van der Waals surface area contributed by atoms with Crippen molar-refractivity contribution in [1.82, 2.24) is 15.3 Å². The van der Waals surface area contributed by atoms with Gasteiger partial charge >= 0.3 is 0 Å². The Hall–Kier alpha value is -2.01. The van der Waals surface area contributed by atoms with Gasteiger partial charge in [-0.3, -0.25) is 4.79 Å². The summed E-state index contributed by atoms with van der Waals surface area (Å²) >= 11 is 5.57. The van der Waals surface area contributed by atoms with Crippen LogP contribution in [-0.2, 0) is 6.42 Å². The molecule has 0 atom stereocenters. The Labute approximate surface area is 114 Å². The minimum atomic E-state index is -0.361. The van der Waals surface area contributed by atoms with Crippen molar-refractivity contribution in [2.24, 2.45) is 0 Å². The van der Waals surface area contributed by atoms with Gasteiger partial charge in [0, 0.05) is 6.54 Å². The maximum absolute atomic E-state index is 13.3. The van der Waals surface area contributed by atoms with Crippen LogP contribution in [0.4, 0.5) is 4.39 Å². The molecule has 0 saturated carbocycles. The predicted octanol–water partition coefficient (Wildman–Crippen LogP) is 2.24. The second kappa shape index (κ2) is 6.24. The number of nitrogens with one attached hydrogen (secondary N) is 1. The van der Waals surface area contributed by atoms with Crippen LogP contribution < -0.4 is 5.32 Å². The molecule has 0 radical (unpaired) electrons. The van der Waals surface area contributed by atoms with E-state index in [-0.39, 0.29) is 22.6 Å². The molecule has 6 heteroatoms. The van der Waals surface area contributed by atoms with Crippen molar-refractivity contribution >= 4 is 17.5 Å². The minimum Gasteiger partial charge on any atom is -0.350 e. The molecule has 98 valence electrons. The molecule has 0 aliphatic carbocycles. The van der Waals surface area contributed by atoms with Crippen molar-refractivity contribution in [3.63, 3.8) is 0 Å². The van der Waals surface area contributed by atoms with Crippen LogP contribution >= 0.6 is 11.6 Å². The lowest BCUT2D eigenvalue weighted by Gasteiger charge is -2.05. The molecule has 0 bridgehead atoms. The van der Waals surface area contributed by atoms with Gasteiger partial charge in [-0.25, -0.2) is 14.4 Å². The number of halogens is 2. The largest absolute Gasteiger partial charge is 0.350 e. The van der Waals surface area contributed by atoms with Crippen LogP contribution in [0.2, 0.25) is 5.15 Å². The fourth-order valence-corrected chi connectivity index (χ4v) is 1.63. The van der Waals surface area contributed by atoms with Gasteiger partial charge in [-0.15, -0.1) is 0 Å². The Morgan fingerprint density at radius 1 is 1.26 bits per heavy atom. The number of benzene rings is 1. The van der Waals surface area contributed by atoms with Crippen molar-refractivity contribution in [1.29, 1.82) is 0 Å². The van der Waals surface area contributed by atoms with Crippen LogP contribution in [0.25, 0.3) is 0 Å². The number of carbonyl (C=O) groups is 1. The lowest BCUT2D eigenvalue weighted by molar-refractivity contribution is 0.0948. The first-order valence-electron chi connectivity index (χ1n) is 5.66. The Balaban J connectivity index is 1.88. The molecule has 19 heavy (non-hydrogen) atoms. The molecule has 2 rings (SSSR count). The van der Waals surface area contributed by atoms with E-state index < -0.39 is 0 Å². The normalized spacial score (nSPS) is 10.2. The van der Waals surface area contributed by atoms with E-state index in [1.165, 1.54) is 18.5 Å². The Morgan fingerprint density at radius 2 is 2.05 bits per heavy atom. The second-order valence-corrected chi connectivity index (χ2v) is 4.21. The van der Waals surface area contributed by atoms with Gasteiger partial charge in [0.2, 0.25) is 0 Å². The molecule has 1 N–H and O–H groups in total. The van der Waals surface area contributed by atoms with Crippen LogP contribution in [0.3, 0.4) is 0 Å². The first-order valence-corrected chi connectivity index (χ1v) is 6.04. The fourth-order valence-electron chi connectivity index (χ4n) is 1.53. The van der Waals surface area contributed by atoms with Gasteiger partial charge in [0.1, 0.15) is 16.7 Å². The highest BCUT2D eigenvalue weighted by Gasteiger charge is 2.07. The smallest absolute Gasteiger partial charge is 0.271 e. The van der Waals surface area contributed by atoms with Crippen LogP contribution in [0, 0.1) is 5.82 Å². The highest BCUT2D eigenvalue weighted by molar-refractivity contribution is 6.29. The molecule has 0 aliphatic heterocycles. The second-order valence-electron chi connectivity index (χ2n) is 3.82. The van der Waals surface area contributed by atoms with Gasteiger partial charge in [0.15, 0.2) is 0 Å². The Bertz CT molecular complexity index is 574. The molecule has 1 aromatic carbocycles. The summed E-state index contributed by atoms with van der Waals surface area (Å²) in [6.45, 7) is 0.323. The monoisotopic (exact) mass is 279 g/mol.